The first kappa shape index (κ1) is 55.4. The molecule has 6 heterocycles. The Hall–Kier alpha value is -0.920. The molecule has 10 rings (SSSR count). The van der Waals surface area contributed by atoms with E-state index in [2.05, 4.69) is 27.7 Å². The van der Waals surface area contributed by atoms with Gasteiger partial charge in [-0.2, -0.15) is 0 Å². The second kappa shape index (κ2) is 21.3. The summed E-state index contributed by atoms with van der Waals surface area (Å²) in [6.45, 7) is 6.81. The summed E-state index contributed by atoms with van der Waals surface area (Å²) in [6.07, 6.45) is -25.8. The molecule has 420 valence electrons. The van der Waals surface area contributed by atoms with Crippen molar-refractivity contribution < 1.29 is 114 Å². The highest BCUT2D eigenvalue weighted by Crippen LogP contribution is 2.71. The summed E-state index contributed by atoms with van der Waals surface area (Å²) in [7, 11) is 0. The van der Waals surface area contributed by atoms with E-state index in [1.54, 1.807) is 0 Å². The van der Waals surface area contributed by atoms with Crippen LogP contribution in [0.15, 0.2) is 0 Å². The smallest absolute Gasteiger partial charge is 0.197 e. The lowest BCUT2D eigenvalue weighted by molar-refractivity contribution is -0.404. The summed E-state index contributed by atoms with van der Waals surface area (Å²) in [5.41, 5.74) is 0.122. The van der Waals surface area contributed by atoms with E-state index in [9.17, 15) is 66.4 Å². The van der Waals surface area contributed by atoms with Gasteiger partial charge < -0.3 is 114 Å². The van der Waals surface area contributed by atoms with Gasteiger partial charge in [0.2, 0.25) is 0 Å². The zero-order valence-corrected chi connectivity index (χ0v) is 42.0. The lowest BCUT2D eigenvalue weighted by atomic mass is 9.44. The van der Waals surface area contributed by atoms with Gasteiger partial charge in [0.1, 0.15) is 97.7 Å². The predicted octanol–water partition coefficient (Wildman–Crippen LogP) is -3.30. The van der Waals surface area contributed by atoms with E-state index in [1.165, 1.54) is 0 Å². The number of hydrogen-bond acceptors (Lipinski definition) is 23. The van der Waals surface area contributed by atoms with Gasteiger partial charge in [-0.25, -0.2) is 0 Å². The zero-order valence-electron chi connectivity index (χ0n) is 42.0. The second-order valence-corrected chi connectivity index (χ2v) is 24.0. The van der Waals surface area contributed by atoms with Gasteiger partial charge in [-0.3, -0.25) is 0 Å². The maximum absolute atomic E-state index is 11.8. The first-order valence-corrected chi connectivity index (χ1v) is 26.8. The number of ether oxygens (including phenoxy) is 10. The molecular weight excluding hydrogens is 969 g/mol. The van der Waals surface area contributed by atoms with Crippen molar-refractivity contribution in [2.24, 2.45) is 52.3 Å². The van der Waals surface area contributed by atoms with Crippen molar-refractivity contribution in [1.29, 1.82) is 0 Å². The lowest BCUT2D eigenvalue weighted by Crippen LogP contribution is -2.68. The van der Waals surface area contributed by atoms with Crippen molar-refractivity contribution in [2.45, 2.75) is 226 Å². The van der Waals surface area contributed by atoms with Gasteiger partial charge in [0.15, 0.2) is 30.9 Å². The Morgan fingerprint density at radius 1 is 0.521 bits per heavy atom. The van der Waals surface area contributed by atoms with E-state index in [1.807, 2.05) is 0 Å². The van der Waals surface area contributed by atoms with Crippen LogP contribution in [0.5, 0.6) is 0 Å². The maximum atomic E-state index is 11.8. The van der Waals surface area contributed by atoms with E-state index in [4.69, 9.17) is 47.4 Å². The lowest BCUT2D eigenvalue weighted by Gasteiger charge is -2.61. The molecule has 4 aliphatic carbocycles. The number of rotatable bonds is 11. The van der Waals surface area contributed by atoms with Crippen molar-refractivity contribution >= 4 is 0 Å². The molecule has 0 amide bonds. The summed E-state index contributed by atoms with van der Waals surface area (Å²) in [6, 6.07) is 0. The molecule has 1 spiro atoms. The minimum atomic E-state index is -2.00. The molecule has 73 heavy (non-hydrogen) atoms. The quantitative estimate of drug-likeness (QED) is 0.0902. The highest BCUT2D eigenvalue weighted by Gasteiger charge is 2.71. The summed E-state index contributed by atoms with van der Waals surface area (Å²) in [5.74, 6) is 1.60. The first-order valence-electron chi connectivity index (χ1n) is 26.8. The third kappa shape index (κ3) is 9.39. The summed E-state index contributed by atoms with van der Waals surface area (Å²) in [4.78, 5) is 0. The van der Waals surface area contributed by atoms with E-state index < -0.39 is 155 Å². The first-order chi connectivity index (χ1) is 34.7. The molecule has 0 radical (unpaired) electrons. The second-order valence-electron chi connectivity index (χ2n) is 24.0. The molecule has 23 heteroatoms. The Balaban J connectivity index is 0.812. The Labute approximate surface area is 424 Å². The van der Waals surface area contributed by atoms with Gasteiger partial charge in [0.25, 0.3) is 0 Å². The van der Waals surface area contributed by atoms with Gasteiger partial charge in [0.05, 0.1) is 45.2 Å². The van der Waals surface area contributed by atoms with Gasteiger partial charge in [-0.05, 0) is 104 Å². The van der Waals surface area contributed by atoms with Crippen LogP contribution in [0.3, 0.4) is 0 Å². The van der Waals surface area contributed by atoms with Gasteiger partial charge in [-0.1, -0.05) is 27.7 Å². The van der Waals surface area contributed by atoms with E-state index in [0.29, 0.717) is 55.5 Å². The van der Waals surface area contributed by atoms with E-state index in [0.717, 1.165) is 38.5 Å². The normalized spacial score (nSPS) is 58.2. The molecule has 32 atom stereocenters. The summed E-state index contributed by atoms with van der Waals surface area (Å²) < 4.78 is 61.1. The molecule has 0 aromatic heterocycles. The highest BCUT2D eigenvalue weighted by atomic mass is 16.8. The van der Waals surface area contributed by atoms with Crippen LogP contribution in [-0.2, 0) is 47.4 Å². The highest BCUT2D eigenvalue weighted by molar-refractivity contribution is 5.16. The van der Waals surface area contributed by atoms with Gasteiger partial charge >= 0.3 is 0 Å². The molecule has 0 aromatic rings. The molecule has 4 saturated carbocycles. The van der Waals surface area contributed by atoms with E-state index >= 15 is 0 Å². The molecular formula is C50H82O23. The van der Waals surface area contributed by atoms with Gasteiger partial charge in [0, 0.05) is 5.92 Å². The number of hydrogen-bond donors (Lipinski definition) is 13. The Morgan fingerprint density at radius 2 is 1.14 bits per heavy atom. The molecule has 10 fully saturated rings. The summed E-state index contributed by atoms with van der Waals surface area (Å²) >= 11 is 0. The molecule has 6 aliphatic heterocycles. The maximum Gasteiger partial charge on any atom is 0.197 e. The van der Waals surface area contributed by atoms with E-state index in [-0.39, 0.29) is 34.9 Å². The fourth-order valence-electron chi connectivity index (χ4n) is 16.0. The predicted molar refractivity (Wildman–Crippen MR) is 244 cm³/mol. The molecule has 23 nitrogen and oxygen atoms in total. The molecule has 32 unspecified atom stereocenters. The number of fused-ring (bicyclic) bond motifs is 7. The molecule has 13 N–H and O–H groups in total. The van der Waals surface area contributed by atoms with Crippen LogP contribution >= 0.6 is 0 Å². The Bertz CT molecular complexity index is 1870. The zero-order chi connectivity index (χ0) is 52.2. The van der Waals surface area contributed by atoms with Crippen LogP contribution in [0.25, 0.3) is 0 Å². The van der Waals surface area contributed by atoms with Crippen molar-refractivity contribution in [3.63, 3.8) is 0 Å². The average molecular weight is 1050 g/mol. The fourth-order valence-corrected chi connectivity index (χ4v) is 16.0. The Kier molecular flexibility index (Phi) is 16.1. The van der Waals surface area contributed by atoms with Crippen LogP contribution in [0.2, 0.25) is 0 Å². The molecule has 0 aromatic carbocycles. The Morgan fingerprint density at radius 3 is 1.85 bits per heavy atom. The van der Waals surface area contributed by atoms with Gasteiger partial charge in [-0.15, -0.1) is 0 Å². The van der Waals surface area contributed by atoms with Crippen LogP contribution in [0.1, 0.15) is 85.5 Å². The molecule has 0 bridgehead atoms. The number of aliphatic hydroxyl groups is 13. The topological polar surface area (TPSA) is 355 Å². The average Bonchev–Trinajstić information content (AvgIpc) is 3.83. The minimum absolute atomic E-state index is 0.0461. The molecule has 6 saturated heterocycles. The summed E-state index contributed by atoms with van der Waals surface area (Å²) in [5, 5.41) is 141. The van der Waals surface area contributed by atoms with Crippen LogP contribution in [-0.4, -0.2) is 240 Å². The van der Waals surface area contributed by atoms with Crippen LogP contribution in [0.4, 0.5) is 0 Å². The number of aliphatic hydroxyl groups excluding tert-OH is 13. The van der Waals surface area contributed by atoms with Crippen LogP contribution in [0, 0.1) is 52.3 Å². The van der Waals surface area contributed by atoms with Crippen LogP contribution < -0.4 is 0 Å². The largest absolute Gasteiger partial charge is 0.394 e. The monoisotopic (exact) mass is 1050 g/mol. The van der Waals surface area contributed by atoms with Crippen molar-refractivity contribution in [3.05, 3.63) is 0 Å². The minimum Gasteiger partial charge on any atom is -0.394 e. The third-order valence-electron chi connectivity index (χ3n) is 20.0. The van der Waals surface area contributed by atoms with Crippen molar-refractivity contribution in [2.75, 3.05) is 33.0 Å². The van der Waals surface area contributed by atoms with Crippen molar-refractivity contribution in [1.82, 2.24) is 0 Å². The SMILES string of the molecule is CC1COC2(OC3CC4C5CCC6CC(OC7OC(CO)C(OC8OC(CO)C(O)C(OC9OCC(O)C(O)C9O)C8OC8OC(CO)C(O)C(O)C8O)C(O)C7O)CCC6(C)C5CCC4(C)C3C2C)C(O)C1. The third-order valence-corrected chi connectivity index (χ3v) is 20.0. The van der Waals surface area contributed by atoms with Crippen molar-refractivity contribution in [3.8, 4) is 0 Å². The standard InChI is InChI=1S/C50H82O23/c1-19-11-31(55)50(65-17-19)20(2)32-27(73-50)13-25-23-6-5-21-12-22(7-9-48(21,3)24(23)8-10-49(25,32)4)66-45-40(63)37(60)41(30(16-53)69-45)70-47-43(72-46-39(62)36(59)34(57)28(14-51)67-46)42(35(58)29(15-52)68-47)71-44-38(61)33(56)26(54)18-64-44/h19-47,51-63H,5-18H2,1-4H3. The molecule has 10 aliphatic rings. The fraction of sp³-hybridized carbons (Fsp3) is 1.00.